The lowest BCUT2D eigenvalue weighted by Gasteiger charge is -2.21. The molecule has 0 heterocycles. The molecule has 2 aromatic rings. The van der Waals surface area contributed by atoms with E-state index < -0.39 is 10.0 Å². The molecule has 0 bridgehead atoms. The van der Waals surface area contributed by atoms with Crippen molar-refractivity contribution in [2.75, 3.05) is 17.1 Å². The molecule has 0 aliphatic rings. The highest BCUT2D eigenvalue weighted by Gasteiger charge is 2.17. The number of carbonyl (C=O) groups is 1. The lowest BCUT2D eigenvalue weighted by molar-refractivity contribution is 0.0940. The number of nitrogens with one attached hydrogen (secondary N) is 1. The van der Waals surface area contributed by atoms with E-state index in [0.717, 1.165) is 17.4 Å². The van der Waals surface area contributed by atoms with Crippen molar-refractivity contribution in [3.63, 3.8) is 0 Å². The number of rotatable bonds is 7. The average molecular weight is 372 g/mol. The minimum atomic E-state index is -3.41. The summed E-state index contributed by atoms with van der Waals surface area (Å²) < 4.78 is 25.0. The Balaban J connectivity index is 2.13. The van der Waals surface area contributed by atoms with E-state index in [0.29, 0.717) is 11.3 Å². The van der Waals surface area contributed by atoms with Gasteiger partial charge in [-0.1, -0.05) is 35.9 Å². The van der Waals surface area contributed by atoms with Crippen LogP contribution in [-0.2, 0) is 10.0 Å². The summed E-state index contributed by atoms with van der Waals surface area (Å²) >= 11 is 0. The van der Waals surface area contributed by atoms with Gasteiger partial charge in [0.05, 0.1) is 24.5 Å². The number of benzene rings is 2. The fourth-order valence-electron chi connectivity index (χ4n) is 2.55. The molecule has 5 nitrogen and oxygen atoms in total. The van der Waals surface area contributed by atoms with Crippen LogP contribution in [0.4, 0.5) is 5.69 Å². The van der Waals surface area contributed by atoms with Crippen LogP contribution in [0.1, 0.15) is 34.5 Å². The molecule has 0 fully saturated rings. The van der Waals surface area contributed by atoms with Gasteiger partial charge in [-0.25, -0.2) is 8.42 Å². The minimum absolute atomic E-state index is 0.129. The van der Waals surface area contributed by atoms with E-state index >= 15 is 0 Å². The molecule has 26 heavy (non-hydrogen) atoms. The van der Waals surface area contributed by atoms with Crippen LogP contribution in [0.5, 0.6) is 0 Å². The summed E-state index contributed by atoms with van der Waals surface area (Å²) in [4.78, 5) is 12.4. The quantitative estimate of drug-likeness (QED) is 0.757. The van der Waals surface area contributed by atoms with Crippen molar-refractivity contribution in [2.24, 2.45) is 0 Å². The first kappa shape index (κ1) is 19.7. The maximum atomic E-state index is 12.4. The number of nitrogens with zero attached hydrogens (tertiary/aromatic N) is 1. The molecule has 2 aromatic carbocycles. The van der Waals surface area contributed by atoms with Gasteiger partial charge in [-0.15, -0.1) is 6.58 Å². The lowest BCUT2D eigenvalue weighted by Crippen LogP contribution is -2.30. The first-order valence-corrected chi connectivity index (χ1v) is 10.1. The summed E-state index contributed by atoms with van der Waals surface area (Å²) in [6.45, 7) is 7.69. The van der Waals surface area contributed by atoms with E-state index in [1.54, 1.807) is 24.3 Å². The molecule has 1 N–H and O–H groups in total. The maximum Gasteiger partial charge on any atom is 0.251 e. The smallest absolute Gasteiger partial charge is 0.251 e. The van der Waals surface area contributed by atoms with Crippen LogP contribution in [0.25, 0.3) is 0 Å². The van der Waals surface area contributed by atoms with Gasteiger partial charge in [0.15, 0.2) is 0 Å². The molecule has 0 spiro atoms. The van der Waals surface area contributed by atoms with Gasteiger partial charge in [0.1, 0.15) is 0 Å². The monoisotopic (exact) mass is 372 g/mol. The standard InChI is InChI=1S/C20H24N2O3S/c1-5-14-22(26(4,24)25)19-12-10-18(11-13-19)20(23)21-16(3)17-8-6-15(2)7-9-17/h5-13,16H,1,14H2,2-4H3,(H,21,23)/t16-/m0/s1. The van der Waals surface area contributed by atoms with Gasteiger partial charge in [0.2, 0.25) is 10.0 Å². The second-order valence-corrected chi connectivity index (χ2v) is 8.14. The Morgan fingerprint density at radius 1 is 1.15 bits per heavy atom. The van der Waals surface area contributed by atoms with Gasteiger partial charge < -0.3 is 5.32 Å². The van der Waals surface area contributed by atoms with E-state index in [4.69, 9.17) is 0 Å². The average Bonchev–Trinajstić information content (AvgIpc) is 2.59. The predicted octanol–water partition coefficient (Wildman–Crippen LogP) is 3.44. The molecular weight excluding hydrogens is 348 g/mol. The Hall–Kier alpha value is -2.60. The summed E-state index contributed by atoms with van der Waals surface area (Å²) in [5.41, 5.74) is 3.16. The SMILES string of the molecule is C=CCN(c1ccc(C(=O)N[C@@H](C)c2ccc(C)cc2)cc1)S(C)(=O)=O. The van der Waals surface area contributed by atoms with Crippen molar-refractivity contribution in [1.29, 1.82) is 0 Å². The summed E-state index contributed by atoms with van der Waals surface area (Å²) in [6.07, 6.45) is 2.66. The maximum absolute atomic E-state index is 12.4. The predicted molar refractivity (Wildman–Crippen MR) is 106 cm³/mol. The van der Waals surface area contributed by atoms with E-state index in [1.807, 2.05) is 38.1 Å². The van der Waals surface area contributed by atoms with Crippen molar-refractivity contribution in [3.8, 4) is 0 Å². The van der Waals surface area contributed by atoms with Gasteiger partial charge in [-0.2, -0.15) is 0 Å². The van der Waals surface area contributed by atoms with Gasteiger partial charge >= 0.3 is 0 Å². The Morgan fingerprint density at radius 2 is 1.73 bits per heavy atom. The molecule has 0 saturated carbocycles. The first-order chi connectivity index (χ1) is 12.2. The van der Waals surface area contributed by atoms with Crippen molar-refractivity contribution in [3.05, 3.63) is 77.9 Å². The molecule has 0 unspecified atom stereocenters. The molecule has 0 radical (unpaired) electrons. The van der Waals surface area contributed by atoms with Crippen LogP contribution >= 0.6 is 0 Å². The first-order valence-electron chi connectivity index (χ1n) is 8.28. The zero-order valence-corrected chi connectivity index (χ0v) is 16.1. The van der Waals surface area contributed by atoms with Gasteiger partial charge in [0.25, 0.3) is 5.91 Å². The van der Waals surface area contributed by atoms with Crippen LogP contribution in [0.2, 0.25) is 0 Å². The van der Waals surface area contributed by atoms with Crippen LogP contribution in [0, 0.1) is 6.92 Å². The molecule has 0 aliphatic heterocycles. The van der Waals surface area contributed by atoms with Crippen molar-refractivity contribution in [2.45, 2.75) is 19.9 Å². The lowest BCUT2D eigenvalue weighted by atomic mass is 10.1. The third-order valence-corrected chi connectivity index (χ3v) is 5.20. The van der Waals surface area contributed by atoms with Crippen LogP contribution in [0.3, 0.4) is 0 Å². The number of carbonyl (C=O) groups excluding carboxylic acids is 1. The summed E-state index contributed by atoms with van der Waals surface area (Å²) in [7, 11) is -3.41. The zero-order chi connectivity index (χ0) is 19.3. The Bertz CT molecular complexity index is 872. The highest BCUT2D eigenvalue weighted by molar-refractivity contribution is 7.92. The molecule has 2 rings (SSSR count). The summed E-state index contributed by atoms with van der Waals surface area (Å²) in [5, 5.41) is 2.95. The molecule has 0 saturated heterocycles. The van der Waals surface area contributed by atoms with E-state index in [-0.39, 0.29) is 18.5 Å². The molecule has 138 valence electrons. The van der Waals surface area contributed by atoms with Crippen LogP contribution < -0.4 is 9.62 Å². The highest BCUT2D eigenvalue weighted by atomic mass is 32.2. The third-order valence-electron chi connectivity index (χ3n) is 4.04. The Morgan fingerprint density at radius 3 is 2.23 bits per heavy atom. The summed E-state index contributed by atoms with van der Waals surface area (Å²) in [5.74, 6) is -0.209. The molecule has 0 aromatic heterocycles. The number of hydrogen-bond acceptors (Lipinski definition) is 3. The normalized spacial score (nSPS) is 12.3. The largest absolute Gasteiger partial charge is 0.346 e. The highest BCUT2D eigenvalue weighted by Crippen LogP contribution is 2.19. The number of amides is 1. The summed E-state index contributed by atoms with van der Waals surface area (Å²) in [6, 6.07) is 14.3. The van der Waals surface area contributed by atoms with E-state index in [2.05, 4.69) is 11.9 Å². The van der Waals surface area contributed by atoms with Crippen LogP contribution in [-0.4, -0.2) is 27.1 Å². The topological polar surface area (TPSA) is 66.5 Å². The van der Waals surface area contributed by atoms with Crippen LogP contribution in [0.15, 0.2) is 61.2 Å². The number of aryl methyl sites for hydroxylation is 1. The zero-order valence-electron chi connectivity index (χ0n) is 15.3. The second kappa shape index (κ2) is 8.19. The van der Waals surface area contributed by atoms with Crippen molar-refractivity contribution < 1.29 is 13.2 Å². The van der Waals surface area contributed by atoms with Gasteiger partial charge in [0, 0.05) is 5.56 Å². The Labute approximate surface area is 155 Å². The van der Waals surface area contributed by atoms with E-state index in [9.17, 15) is 13.2 Å². The van der Waals surface area contributed by atoms with Gasteiger partial charge in [-0.05, 0) is 43.7 Å². The minimum Gasteiger partial charge on any atom is -0.346 e. The fourth-order valence-corrected chi connectivity index (χ4v) is 3.43. The number of anilines is 1. The molecule has 1 atom stereocenters. The molecular formula is C20H24N2O3S. The van der Waals surface area contributed by atoms with Crippen molar-refractivity contribution >= 4 is 21.6 Å². The van der Waals surface area contributed by atoms with E-state index in [1.165, 1.54) is 10.4 Å². The molecule has 0 aliphatic carbocycles. The Kier molecular flexibility index (Phi) is 6.21. The number of hydrogen-bond donors (Lipinski definition) is 1. The fraction of sp³-hybridized carbons (Fsp3) is 0.250. The molecule has 1 amide bonds. The molecule has 6 heteroatoms. The second-order valence-electron chi connectivity index (χ2n) is 6.24. The van der Waals surface area contributed by atoms with Crippen molar-refractivity contribution in [1.82, 2.24) is 5.32 Å². The number of sulfonamides is 1. The third kappa shape index (κ3) is 4.95. The van der Waals surface area contributed by atoms with Gasteiger partial charge in [-0.3, -0.25) is 9.10 Å².